The first kappa shape index (κ1) is 17.1. The van der Waals surface area contributed by atoms with Gasteiger partial charge in [0, 0.05) is 16.5 Å². The predicted molar refractivity (Wildman–Crippen MR) is 93.0 cm³/mol. The average Bonchev–Trinajstić information content (AvgIpc) is 3.03. The minimum Gasteiger partial charge on any atom is -0.486 e. The molecule has 1 aromatic heterocycles. The molecule has 1 aliphatic heterocycles. The van der Waals surface area contributed by atoms with Crippen LogP contribution in [0.1, 0.15) is 26.5 Å². The summed E-state index contributed by atoms with van der Waals surface area (Å²) in [6.45, 7) is 2.01. The number of aryl methyl sites for hydroxylation is 1. The Morgan fingerprint density at radius 1 is 1.11 bits per heavy atom. The van der Waals surface area contributed by atoms with Gasteiger partial charge in [-0.3, -0.25) is 4.79 Å². The number of halogens is 1. The van der Waals surface area contributed by atoms with Crippen LogP contribution in [0.5, 0.6) is 11.5 Å². The largest absolute Gasteiger partial charge is 0.486 e. The molecule has 0 N–H and O–H groups in total. The van der Waals surface area contributed by atoms with E-state index in [9.17, 15) is 14.0 Å². The Morgan fingerprint density at radius 3 is 2.67 bits per heavy atom. The lowest BCUT2D eigenvalue weighted by atomic mass is 10.1. The number of para-hydroxylation sites is 1. The van der Waals surface area contributed by atoms with Gasteiger partial charge >= 0.3 is 5.97 Å². The van der Waals surface area contributed by atoms with Crippen LogP contribution in [0.4, 0.5) is 4.39 Å². The molecule has 4 rings (SSSR count). The van der Waals surface area contributed by atoms with Gasteiger partial charge in [-0.05, 0) is 31.2 Å². The van der Waals surface area contributed by atoms with Crippen molar-refractivity contribution in [3.05, 3.63) is 59.1 Å². The van der Waals surface area contributed by atoms with E-state index in [1.54, 1.807) is 31.2 Å². The molecule has 0 bridgehead atoms. The molecular formula is C20H15FO6. The zero-order valence-corrected chi connectivity index (χ0v) is 14.4. The number of hydrogen-bond acceptors (Lipinski definition) is 6. The van der Waals surface area contributed by atoms with Crippen molar-refractivity contribution >= 4 is 22.7 Å². The molecule has 27 heavy (non-hydrogen) atoms. The highest BCUT2D eigenvalue weighted by Crippen LogP contribution is 2.31. The molecule has 2 aromatic carbocycles. The maximum Gasteiger partial charge on any atom is 0.375 e. The van der Waals surface area contributed by atoms with Gasteiger partial charge in [0.05, 0.1) is 0 Å². The third-order valence-electron chi connectivity index (χ3n) is 4.30. The number of ether oxygens (including phenoxy) is 3. The number of furan rings is 1. The van der Waals surface area contributed by atoms with Crippen molar-refractivity contribution in [3.8, 4) is 11.5 Å². The summed E-state index contributed by atoms with van der Waals surface area (Å²) < 4.78 is 35.0. The van der Waals surface area contributed by atoms with Gasteiger partial charge in [0.1, 0.15) is 13.2 Å². The normalized spacial score (nSPS) is 12.8. The third-order valence-corrected chi connectivity index (χ3v) is 4.30. The van der Waals surface area contributed by atoms with Crippen molar-refractivity contribution in [2.45, 2.75) is 6.92 Å². The maximum atomic E-state index is 13.8. The van der Waals surface area contributed by atoms with Crippen molar-refractivity contribution in [2.75, 3.05) is 19.8 Å². The molecule has 1 aliphatic rings. The zero-order valence-electron chi connectivity index (χ0n) is 14.4. The second-order valence-electron chi connectivity index (χ2n) is 6.03. The van der Waals surface area contributed by atoms with E-state index < -0.39 is 24.2 Å². The molecule has 0 aliphatic carbocycles. The highest BCUT2D eigenvalue weighted by Gasteiger charge is 2.22. The van der Waals surface area contributed by atoms with E-state index in [1.807, 2.05) is 0 Å². The van der Waals surface area contributed by atoms with E-state index >= 15 is 0 Å². The van der Waals surface area contributed by atoms with Crippen LogP contribution in [-0.2, 0) is 4.74 Å². The fraction of sp³-hybridized carbons (Fsp3) is 0.200. The number of hydrogen-bond donors (Lipinski definition) is 0. The van der Waals surface area contributed by atoms with Crippen LogP contribution in [0.3, 0.4) is 0 Å². The fourth-order valence-electron chi connectivity index (χ4n) is 2.90. The fourth-order valence-corrected chi connectivity index (χ4v) is 2.90. The van der Waals surface area contributed by atoms with Crippen LogP contribution in [0.15, 0.2) is 40.8 Å². The zero-order chi connectivity index (χ0) is 19.0. The molecule has 6 nitrogen and oxygen atoms in total. The number of fused-ring (bicyclic) bond motifs is 2. The summed E-state index contributed by atoms with van der Waals surface area (Å²) >= 11 is 0. The number of ketones is 1. The molecule has 0 fully saturated rings. The number of rotatable bonds is 4. The Balaban J connectivity index is 1.49. The lowest BCUT2D eigenvalue weighted by Crippen LogP contribution is -2.17. The summed E-state index contributed by atoms with van der Waals surface area (Å²) in [7, 11) is 0. The SMILES string of the molecule is Cc1c(C(=O)OCC(=O)c2ccc3c(c2)OCCO3)oc2c(F)cccc12. The lowest BCUT2D eigenvalue weighted by molar-refractivity contribution is 0.0445. The summed E-state index contributed by atoms with van der Waals surface area (Å²) in [6.07, 6.45) is 0. The van der Waals surface area contributed by atoms with Crippen molar-refractivity contribution in [2.24, 2.45) is 0 Å². The maximum absolute atomic E-state index is 13.8. The molecular weight excluding hydrogens is 355 g/mol. The minimum atomic E-state index is -0.825. The third kappa shape index (κ3) is 3.12. The molecule has 3 aromatic rings. The van der Waals surface area contributed by atoms with Gasteiger partial charge in [-0.2, -0.15) is 0 Å². The van der Waals surface area contributed by atoms with Crippen LogP contribution < -0.4 is 9.47 Å². The minimum absolute atomic E-state index is 0.0138. The number of esters is 1. The van der Waals surface area contributed by atoms with E-state index in [0.29, 0.717) is 41.2 Å². The number of Topliss-reactive ketones (excluding diaryl/α,β-unsaturated/α-hetero) is 1. The lowest BCUT2D eigenvalue weighted by Gasteiger charge is -2.18. The van der Waals surface area contributed by atoms with E-state index in [-0.39, 0.29) is 11.3 Å². The van der Waals surface area contributed by atoms with E-state index in [2.05, 4.69) is 0 Å². The second kappa shape index (κ2) is 6.75. The smallest absolute Gasteiger partial charge is 0.375 e. The number of carbonyl (C=O) groups is 2. The first-order chi connectivity index (χ1) is 13.0. The monoisotopic (exact) mass is 370 g/mol. The van der Waals surface area contributed by atoms with E-state index in [0.717, 1.165) is 0 Å². The molecule has 0 saturated carbocycles. The Kier molecular flexibility index (Phi) is 4.27. The highest BCUT2D eigenvalue weighted by molar-refractivity contribution is 6.01. The van der Waals surface area contributed by atoms with E-state index in [4.69, 9.17) is 18.6 Å². The molecule has 0 unspecified atom stereocenters. The van der Waals surface area contributed by atoms with Gasteiger partial charge in [-0.15, -0.1) is 0 Å². The molecule has 0 spiro atoms. The Labute approximate surface area is 153 Å². The Bertz CT molecular complexity index is 1050. The van der Waals surface area contributed by atoms with Gasteiger partial charge < -0.3 is 18.6 Å². The molecule has 7 heteroatoms. The van der Waals surface area contributed by atoms with Gasteiger partial charge in [0.15, 0.2) is 35.3 Å². The predicted octanol–water partition coefficient (Wildman–Crippen LogP) is 3.69. The van der Waals surface area contributed by atoms with Crippen molar-refractivity contribution < 1.29 is 32.6 Å². The van der Waals surface area contributed by atoms with Crippen LogP contribution in [-0.4, -0.2) is 31.6 Å². The van der Waals surface area contributed by atoms with Crippen LogP contribution in [0.2, 0.25) is 0 Å². The molecule has 0 radical (unpaired) electrons. The van der Waals surface area contributed by atoms with Crippen molar-refractivity contribution in [3.63, 3.8) is 0 Å². The number of carbonyl (C=O) groups excluding carboxylic acids is 2. The first-order valence-electron chi connectivity index (χ1n) is 8.32. The molecule has 138 valence electrons. The Hall–Kier alpha value is -3.35. The summed E-state index contributed by atoms with van der Waals surface area (Å²) in [4.78, 5) is 24.6. The first-order valence-corrected chi connectivity index (χ1v) is 8.32. The molecule has 0 amide bonds. The molecule has 0 atom stereocenters. The summed E-state index contributed by atoms with van der Waals surface area (Å²) in [5.74, 6) is -0.877. The van der Waals surface area contributed by atoms with Crippen LogP contribution in [0.25, 0.3) is 11.0 Å². The second-order valence-corrected chi connectivity index (χ2v) is 6.03. The van der Waals surface area contributed by atoms with Crippen molar-refractivity contribution in [1.29, 1.82) is 0 Å². The summed E-state index contributed by atoms with van der Waals surface area (Å²) in [5.41, 5.74) is 0.779. The molecule has 0 saturated heterocycles. The average molecular weight is 370 g/mol. The quantitative estimate of drug-likeness (QED) is 0.515. The standard InChI is InChI=1S/C20H15FO6/c1-11-13-3-2-4-14(21)19(13)27-18(11)20(23)26-10-15(22)12-5-6-16-17(9-12)25-8-7-24-16/h2-6,9H,7-8,10H2,1H3. The summed E-state index contributed by atoms with van der Waals surface area (Å²) in [5, 5.41) is 0.486. The van der Waals surface area contributed by atoms with Gasteiger partial charge in [-0.25, -0.2) is 9.18 Å². The van der Waals surface area contributed by atoms with Gasteiger partial charge in [-0.1, -0.05) is 12.1 Å². The highest BCUT2D eigenvalue weighted by atomic mass is 19.1. The van der Waals surface area contributed by atoms with Gasteiger partial charge in [0.2, 0.25) is 5.76 Å². The Morgan fingerprint density at radius 2 is 1.89 bits per heavy atom. The van der Waals surface area contributed by atoms with E-state index in [1.165, 1.54) is 12.1 Å². The van der Waals surface area contributed by atoms with Crippen LogP contribution >= 0.6 is 0 Å². The number of benzene rings is 2. The van der Waals surface area contributed by atoms with Crippen LogP contribution in [0, 0.1) is 12.7 Å². The molecule has 2 heterocycles. The summed E-state index contributed by atoms with van der Waals surface area (Å²) in [6, 6.07) is 9.18. The van der Waals surface area contributed by atoms with Gasteiger partial charge in [0.25, 0.3) is 0 Å². The van der Waals surface area contributed by atoms with Crippen molar-refractivity contribution in [1.82, 2.24) is 0 Å². The topological polar surface area (TPSA) is 75.0 Å².